The van der Waals surface area contributed by atoms with E-state index in [4.69, 9.17) is 32.7 Å². The molecule has 0 saturated carbocycles. The van der Waals surface area contributed by atoms with Crippen LogP contribution in [-0.4, -0.2) is 33.4 Å². The van der Waals surface area contributed by atoms with Crippen molar-refractivity contribution in [1.29, 1.82) is 5.26 Å². The monoisotopic (exact) mass is 388 g/mol. The van der Waals surface area contributed by atoms with E-state index in [1.807, 2.05) is 18.2 Å². The Morgan fingerprint density at radius 2 is 1.96 bits per heavy atom. The summed E-state index contributed by atoms with van der Waals surface area (Å²) >= 11 is 12.2. The summed E-state index contributed by atoms with van der Waals surface area (Å²) in [6.45, 7) is 3.14. The van der Waals surface area contributed by atoms with Gasteiger partial charge in [0.2, 0.25) is 0 Å². The highest BCUT2D eigenvalue weighted by Crippen LogP contribution is 2.32. The third-order valence-electron chi connectivity index (χ3n) is 4.23. The molecule has 4 nitrogen and oxygen atoms in total. The molecule has 0 bridgehead atoms. The van der Waals surface area contributed by atoms with E-state index in [1.165, 1.54) is 0 Å². The van der Waals surface area contributed by atoms with Crippen molar-refractivity contribution in [3.05, 3.63) is 57.6 Å². The molecule has 0 radical (unpaired) electrons. The number of methoxy groups -OCH3 is 1. The predicted molar refractivity (Wildman–Crippen MR) is 106 cm³/mol. The van der Waals surface area contributed by atoms with E-state index < -0.39 is 0 Å². The Balaban J connectivity index is 1.96. The van der Waals surface area contributed by atoms with Crippen LogP contribution >= 0.6 is 23.2 Å². The van der Waals surface area contributed by atoms with Gasteiger partial charge in [-0.15, -0.1) is 0 Å². The lowest BCUT2D eigenvalue weighted by atomic mass is 10.0. The Morgan fingerprint density at radius 3 is 2.62 bits per heavy atom. The molecule has 1 heterocycles. The van der Waals surface area contributed by atoms with Gasteiger partial charge >= 0.3 is 0 Å². The third-order valence-corrected chi connectivity index (χ3v) is 4.78. The number of hydrogen-bond acceptors (Lipinski definition) is 4. The molecule has 2 aromatic rings. The van der Waals surface area contributed by atoms with Crippen molar-refractivity contribution in [1.82, 2.24) is 0 Å². The lowest BCUT2D eigenvalue weighted by Crippen LogP contribution is -2.36. The quantitative estimate of drug-likeness (QED) is 0.551. The maximum absolute atomic E-state index is 9.58. The van der Waals surface area contributed by atoms with Crippen molar-refractivity contribution in [2.24, 2.45) is 0 Å². The van der Waals surface area contributed by atoms with Crippen molar-refractivity contribution in [3.8, 4) is 11.8 Å². The summed E-state index contributed by atoms with van der Waals surface area (Å²) in [6.07, 6.45) is 1.77. The summed E-state index contributed by atoms with van der Waals surface area (Å²) in [4.78, 5) is 2.25. The van der Waals surface area contributed by atoms with Crippen molar-refractivity contribution >= 4 is 40.5 Å². The molecule has 1 fully saturated rings. The molecule has 1 saturated heterocycles. The van der Waals surface area contributed by atoms with Gasteiger partial charge < -0.3 is 14.4 Å². The number of ether oxygens (including phenoxy) is 2. The summed E-state index contributed by atoms with van der Waals surface area (Å²) in [5.74, 6) is 0.701. The molecule has 0 aliphatic carbocycles. The summed E-state index contributed by atoms with van der Waals surface area (Å²) in [5, 5.41) is 10.6. The van der Waals surface area contributed by atoms with Gasteiger partial charge in [-0.1, -0.05) is 29.3 Å². The number of nitriles is 1. The second-order valence-corrected chi connectivity index (χ2v) is 6.66. The molecule has 1 aliphatic rings. The number of morpholine rings is 1. The maximum atomic E-state index is 9.58. The summed E-state index contributed by atoms with van der Waals surface area (Å²) < 4.78 is 10.9. The number of allylic oxidation sites excluding steroid dienone is 1. The smallest absolute Gasteiger partial charge is 0.128 e. The lowest BCUT2D eigenvalue weighted by molar-refractivity contribution is 0.122. The number of rotatable bonds is 4. The fourth-order valence-electron chi connectivity index (χ4n) is 2.87. The molecule has 0 N–H and O–H groups in total. The van der Waals surface area contributed by atoms with Crippen LogP contribution in [0.15, 0.2) is 36.4 Å². The molecular formula is C20H18Cl2N2O2. The van der Waals surface area contributed by atoms with Crippen LogP contribution in [0.1, 0.15) is 11.1 Å². The number of halogens is 2. The van der Waals surface area contributed by atoms with Gasteiger partial charge in [-0.25, -0.2) is 0 Å². The van der Waals surface area contributed by atoms with Crippen LogP contribution in [0.4, 0.5) is 5.69 Å². The minimum atomic E-state index is 0.439. The highest BCUT2D eigenvalue weighted by atomic mass is 35.5. The topological polar surface area (TPSA) is 45.5 Å². The van der Waals surface area contributed by atoms with Gasteiger partial charge in [0, 0.05) is 41.0 Å². The van der Waals surface area contributed by atoms with Gasteiger partial charge in [-0.05, 0) is 30.3 Å². The van der Waals surface area contributed by atoms with Gasteiger partial charge in [0.25, 0.3) is 0 Å². The second-order valence-electron chi connectivity index (χ2n) is 5.82. The Hall–Kier alpha value is -2.19. The van der Waals surface area contributed by atoms with Crippen LogP contribution in [0, 0.1) is 11.3 Å². The minimum absolute atomic E-state index is 0.439. The molecule has 26 heavy (non-hydrogen) atoms. The van der Waals surface area contributed by atoms with Crippen molar-refractivity contribution < 1.29 is 9.47 Å². The Morgan fingerprint density at radius 1 is 1.19 bits per heavy atom. The van der Waals surface area contributed by atoms with E-state index in [0.29, 0.717) is 26.9 Å². The number of benzene rings is 2. The predicted octanol–water partition coefficient (Wildman–Crippen LogP) is 4.90. The van der Waals surface area contributed by atoms with E-state index in [-0.39, 0.29) is 0 Å². The maximum Gasteiger partial charge on any atom is 0.128 e. The van der Waals surface area contributed by atoms with Crippen LogP contribution in [0.3, 0.4) is 0 Å². The van der Waals surface area contributed by atoms with Crippen molar-refractivity contribution in [2.45, 2.75) is 0 Å². The lowest BCUT2D eigenvalue weighted by Gasteiger charge is -2.29. The largest absolute Gasteiger partial charge is 0.496 e. The van der Waals surface area contributed by atoms with E-state index in [9.17, 15) is 5.26 Å². The molecular weight excluding hydrogens is 371 g/mol. The average molecular weight is 389 g/mol. The van der Waals surface area contributed by atoms with Gasteiger partial charge in [0.05, 0.1) is 37.0 Å². The van der Waals surface area contributed by atoms with Gasteiger partial charge in [-0.3, -0.25) is 0 Å². The highest BCUT2D eigenvalue weighted by molar-refractivity contribution is 6.36. The van der Waals surface area contributed by atoms with Gasteiger partial charge in [-0.2, -0.15) is 5.26 Å². The third kappa shape index (κ3) is 4.13. The van der Waals surface area contributed by atoms with Crippen molar-refractivity contribution in [2.75, 3.05) is 38.3 Å². The molecule has 0 amide bonds. The van der Waals surface area contributed by atoms with Crippen molar-refractivity contribution in [3.63, 3.8) is 0 Å². The highest BCUT2D eigenvalue weighted by Gasteiger charge is 2.14. The summed E-state index contributed by atoms with van der Waals surface area (Å²) in [6, 6.07) is 13.3. The first-order valence-corrected chi connectivity index (χ1v) is 8.96. The first-order chi connectivity index (χ1) is 12.6. The minimum Gasteiger partial charge on any atom is -0.496 e. The first kappa shape index (κ1) is 18.6. The van der Waals surface area contributed by atoms with E-state index in [2.05, 4.69) is 11.0 Å². The number of anilines is 1. The van der Waals surface area contributed by atoms with Crippen LogP contribution in [0.5, 0.6) is 5.75 Å². The molecule has 0 spiro atoms. The molecule has 3 rings (SSSR count). The van der Waals surface area contributed by atoms with Gasteiger partial charge in [0.1, 0.15) is 5.75 Å². The van der Waals surface area contributed by atoms with Crippen LogP contribution in [0.2, 0.25) is 10.0 Å². The van der Waals surface area contributed by atoms with Crippen LogP contribution in [0.25, 0.3) is 11.6 Å². The molecule has 0 atom stereocenters. The normalized spacial score (nSPS) is 14.8. The average Bonchev–Trinajstić information content (AvgIpc) is 2.67. The fraction of sp³-hybridized carbons (Fsp3) is 0.250. The second kappa shape index (κ2) is 8.46. The Labute approximate surface area is 163 Å². The van der Waals surface area contributed by atoms with Crippen LogP contribution < -0.4 is 9.64 Å². The summed E-state index contributed by atoms with van der Waals surface area (Å²) in [7, 11) is 1.62. The zero-order chi connectivity index (χ0) is 18.5. The van der Waals surface area contributed by atoms with E-state index in [1.54, 1.807) is 31.4 Å². The SMILES string of the molecule is COc1cc(N2CCOCC2)ccc1/C=C(\C#N)c1ccc(Cl)cc1Cl. The number of hydrogen-bond donors (Lipinski definition) is 0. The van der Waals surface area contributed by atoms with Crippen LogP contribution in [-0.2, 0) is 4.74 Å². The Kier molecular flexibility index (Phi) is 6.05. The zero-order valence-electron chi connectivity index (χ0n) is 14.3. The zero-order valence-corrected chi connectivity index (χ0v) is 15.8. The first-order valence-electron chi connectivity index (χ1n) is 8.20. The molecule has 6 heteroatoms. The standard InChI is InChI=1S/C20H18Cl2N2O2/c1-25-20-12-17(24-6-8-26-9-7-24)4-2-14(20)10-15(13-23)18-5-3-16(21)11-19(18)22/h2-5,10-12H,6-9H2,1H3/b15-10+. The van der Waals surface area contributed by atoms with Gasteiger partial charge in [0.15, 0.2) is 0 Å². The summed E-state index contributed by atoms with van der Waals surface area (Å²) in [5.41, 5.74) is 2.97. The van der Waals surface area contributed by atoms with E-state index in [0.717, 1.165) is 37.6 Å². The molecule has 0 unspecified atom stereocenters. The number of nitrogens with zero attached hydrogens (tertiary/aromatic N) is 2. The van der Waals surface area contributed by atoms with E-state index >= 15 is 0 Å². The Bertz CT molecular complexity index is 869. The molecule has 2 aromatic carbocycles. The molecule has 134 valence electrons. The molecule has 0 aromatic heterocycles. The molecule has 1 aliphatic heterocycles. The fourth-order valence-corrected chi connectivity index (χ4v) is 3.38.